The number of halogens is 3. The molecule has 3 rings (SSSR count). The predicted molar refractivity (Wildman–Crippen MR) is 93.1 cm³/mol. The van der Waals surface area contributed by atoms with E-state index >= 15 is 0 Å². The zero-order valence-corrected chi connectivity index (χ0v) is 14.8. The van der Waals surface area contributed by atoms with Gasteiger partial charge in [-0.25, -0.2) is 18.1 Å². The van der Waals surface area contributed by atoms with E-state index in [1.807, 2.05) is 0 Å². The van der Waals surface area contributed by atoms with Gasteiger partial charge in [-0.3, -0.25) is 0 Å². The zero-order valence-electron chi connectivity index (χ0n) is 14.0. The smallest absolute Gasteiger partial charge is 0.360 e. The van der Waals surface area contributed by atoms with Gasteiger partial charge in [-0.05, 0) is 18.9 Å². The molecule has 0 atom stereocenters. The number of anilines is 1. The van der Waals surface area contributed by atoms with E-state index in [1.54, 1.807) is 18.5 Å². The first kappa shape index (κ1) is 19.2. The molecular weight excluding hydrogens is 383 g/mol. The van der Waals surface area contributed by atoms with Gasteiger partial charge >= 0.3 is 6.18 Å². The van der Waals surface area contributed by atoms with Crippen molar-refractivity contribution in [3.63, 3.8) is 0 Å². The highest BCUT2D eigenvalue weighted by molar-refractivity contribution is 7.89. The first-order valence-corrected chi connectivity index (χ1v) is 9.69. The first-order chi connectivity index (χ1) is 12.7. The Morgan fingerprint density at radius 2 is 2.15 bits per heavy atom. The number of aromatic nitrogens is 2. The summed E-state index contributed by atoms with van der Waals surface area (Å²) in [5.74, 6) is -0.974. The van der Waals surface area contributed by atoms with Crippen LogP contribution in [0.15, 0.2) is 30.2 Å². The maximum Gasteiger partial charge on any atom is 0.390 e. The average molecular weight is 399 g/mol. The van der Waals surface area contributed by atoms with Crippen molar-refractivity contribution >= 4 is 26.7 Å². The fourth-order valence-corrected chi connectivity index (χ4v) is 4.05. The van der Waals surface area contributed by atoms with Gasteiger partial charge in [0, 0.05) is 30.0 Å². The molecule has 0 spiro atoms. The summed E-state index contributed by atoms with van der Waals surface area (Å²) >= 11 is 0. The van der Waals surface area contributed by atoms with Crippen LogP contribution in [-0.4, -0.2) is 36.4 Å². The van der Waals surface area contributed by atoms with Crippen molar-refractivity contribution in [1.82, 2.24) is 14.7 Å². The van der Waals surface area contributed by atoms with Crippen LogP contribution >= 0.6 is 0 Å². The largest absolute Gasteiger partial charge is 0.390 e. The van der Waals surface area contributed by atoms with Gasteiger partial charge in [0.05, 0.1) is 23.4 Å². The number of nitrogens with zero attached hydrogens (tertiary/aromatic N) is 2. The summed E-state index contributed by atoms with van der Waals surface area (Å²) in [6, 6.07) is 3.41. The van der Waals surface area contributed by atoms with E-state index in [0.717, 1.165) is 11.0 Å². The summed E-state index contributed by atoms with van der Waals surface area (Å²) < 4.78 is 62.1. The van der Waals surface area contributed by atoms with E-state index in [-0.39, 0.29) is 0 Å². The SMILES string of the molecule is N#Cc1cnc2[nH]ccc2c1NC=C1CC(NS(=O)(=O)CCC(F)(F)F)C1. The molecule has 1 saturated carbocycles. The van der Waals surface area contributed by atoms with Gasteiger partial charge in [-0.15, -0.1) is 0 Å². The second kappa shape index (κ2) is 7.21. The minimum atomic E-state index is -4.50. The highest BCUT2D eigenvalue weighted by Crippen LogP contribution is 2.30. The number of nitrogens with one attached hydrogen (secondary N) is 3. The number of H-pyrrole nitrogens is 1. The number of rotatable bonds is 6. The average Bonchev–Trinajstić information content (AvgIpc) is 3.03. The first-order valence-electron chi connectivity index (χ1n) is 8.04. The lowest BCUT2D eigenvalue weighted by Gasteiger charge is -2.30. The van der Waals surface area contributed by atoms with Crippen LogP contribution in [0.5, 0.6) is 0 Å². The lowest BCUT2D eigenvalue weighted by Crippen LogP contribution is -2.42. The van der Waals surface area contributed by atoms with E-state index in [2.05, 4.69) is 26.1 Å². The Bertz CT molecular complexity index is 1010. The highest BCUT2D eigenvalue weighted by atomic mass is 32.2. The highest BCUT2D eigenvalue weighted by Gasteiger charge is 2.32. The molecule has 0 saturated heterocycles. The second-order valence-electron chi connectivity index (χ2n) is 6.25. The van der Waals surface area contributed by atoms with Gasteiger partial charge in [0.1, 0.15) is 11.7 Å². The van der Waals surface area contributed by atoms with E-state index in [1.165, 1.54) is 6.20 Å². The van der Waals surface area contributed by atoms with Crippen LogP contribution in [0.4, 0.5) is 18.9 Å². The van der Waals surface area contributed by atoms with Crippen molar-refractivity contribution < 1.29 is 21.6 Å². The molecule has 0 aliphatic heterocycles. The van der Waals surface area contributed by atoms with Crippen molar-refractivity contribution in [3.05, 3.63) is 35.8 Å². The van der Waals surface area contributed by atoms with Crippen molar-refractivity contribution in [1.29, 1.82) is 5.26 Å². The summed E-state index contributed by atoms with van der Waals surface area (Å²) in [7, 11) is -3.97. The van der Waals surface area contributed by atoms with E-state index in [9.17, 15) is 26.9 Å². The van der Waals surface area contributed by atoms with Crippen LogP contribution in [0, 0.1) is 11.3 Å². The quantitative estimate of drug-likeness (QED) is 0.692. The maximum atomic E-state index is 12.2. The Balaban J connectivity index is 1.58. The van der Waals surface area contributed by atoms with E-state index < -0.39 is 34.4 Å². The van der Waals surface area contributed by atoms with Crippen LogP contribution in [0.25, 0.3) is 11.0 Å². The van der Waals surface area contributed by atoms with Crippen LogP contribution in [0.2, 0.25) is 0 Å². The number of alkyl halides is 3. The van der Waals surface area contributed by atoms with Gasteiger partial charge in [0.15, 0.2) is 0 Å². The Morgan fingerprint density at radius 3 is 2.81 bits per heavy atom. The third-order valence-corrected chi connectivity index (χ3v) is 5.58. The molecule has 1 fully saturated rings. The molecule has 11 heteroatoms. The second-order valence-corrected chi connectivity index (χ2v) is 8.13. The van der Waals surface area contributed by atoms with Crippen molar-refractivity contribution in [2.45, 2.75) is 31.5 Å². The molecule has 1 aliphatic carbocycles. The molecule has 0 aromatic carbocycles. The molecule has 0 amide bonds. The third kappa shape index (κ3) is 4.78. The van der Waals surface area contributed by atoms with Crippen LogP contribution < -0.4 is 10.0 Å². The number of hydrogen-bond donors (Lipinski definition) is 3. The normalized spacial score (nSPS) is 17.4. The minimum absolute atomic E-state index is 0.364. The van der Waals surface area contributed by atoms with Gasteiger partial charge in [0.2, 0.25) is 10.0 Å². The molecule has 2 heterocycles. The lowest BCUT2D eigenvalue weighted by molar-refractivity contribution is -0.130. The number of pyridine rings is 1. The zero-order chi connectivity index (χ0) is 19.7. The fourth-order valence-electron chi connectivity index (χ4n) is 2.76. The molecule has 0 radical (unpaired) electrons. The molecule has 3 N–H and O–H groups in total. The standard InChI is InChI=1S/C16H16F3N5O2S/c17-16(18,19)2-4-27(25,26)24-12-5-10(6-12)8-22-14-11(7-20)9-23-15-13(14)1-3-21-15/h1,3,8-9,12,24H,2,4-6H2,(H2,21,22,23). The monoisotopic (exact) mass is 399 g/mol. The Morgan fingerprint density at radius 1 is 1.41 bits per heavy atom. The maximum absolute atomic E-state index is 12.2. The topological polar surface area (TPSA) is 111 Å². The van der Waals surface area contributed by atoms with Gasteiger partial charge in [0.25, 0.3) is 0 Å². The molecule has 2 aromatic rings. The summed E-state index contributed by atoms with van der Waals surface area (Å²) in [4.78, 5) is 7.07. The third-order valence-electron chi connectivity index (χ3n) is 4.15. The summed E-state index contributed by atoms with van der Waals surface area (Å²) in [5.41, 5.74) is 2.47. The van der Waals surface area contributed by atoms with Crippen LogP contribution in [0.1, 0.15) is 24.8 Å². The summed E-state index contributed by atoms with van der Waals surface area (Å²) in [6.45, 7) is 0. The summed E-state index contributed by atoms with van der Waals surface area (Å²) in [5, 5.41) is 13.0. The minimum Gasteiger partial charge on any atom is -0.360 e. The molecule has 1 aliphatic rings. The van der Waals surface area contributed by atoms with Crippen molar-refractivity contribution in [2.24, 2.45) is 0 Å². The number of hydrogen-bond acceptors (Lipinski definition) is 5. The number of sulfonamides is 1. The van der Waals surface area contributed by atoms with Gasteiger partial charge < -0.3 is 10.3 Å². The Kier molecular flexibility index (Phi) is 5.12. The molecule has 0 unspecified atom stereocenters. The number of fused-ring (bicyclic) bond motifs is 1. The van der Waals surface area contributed by atoms with Crippen LogP contribution in [0.3, 0.4) is 0 Å². The fraction of sp³-hybridized carbons (Fsp3) is 0.375. The number of aromatic amines is 1. The Labute approximate surface area is 153 Å². The molecule has 0 bridgehead atoms. The molecule has 2 aromatic heterocycles. The van der Waals surface area contributed by atoms with Gasteiger partial charge in [-0.1, -0.05) is 5.57 Å². The lowest BCUT2D eigenvalue weighted by atomic mass is 9.88. The number of nitriles is 1. The molecule has 27 heavy (non-hydrogen) atoms. The van der Waals surface area contributed by atoms with Gasteiger partial charge in [-0.2, -0.15) is 18.4 Å². The van der Waals surface area contributed by atoms with E-state index in [0.29, 0.717) is 29.7 Å². The molecule has 7 nitrogen and oxygen atoms in total. The van der Waals surface area contributed by atoms with E-state index in [4.69, 9.17) is 0 Å². The molecule has 144 valence electrons. The summed E-state index contributed by atoms with van der Waals surface area (Å²) in [6.07, 6.45) is -0.267. The Hall–Kier alpha value is -2.58. The molecular formula is C16H16F3N5O2S. The van der Waals surface area contributed by atoms with Crippen molar-refractivity contribution in [2.75, 3.05) is 11.1 Å². The van der Waals surface area contributed by atoms with Crippen molar-refractivity contribution in [3.8, 4) is 6.07 Å². The predicted octanol–water partition coefficient (Wildman–Crippen LogP) is 2.76. The van der Waals surface area contributed by atoms with Crippen LogP contribution in [-0.2, 0) is 10.0 Å².